The summed E-state index contributed by atoms with van der Waals surface area (Å²) >= 11 is 0. The van der Waals surface area contributed by atoms with Crippen molar-refractivity contribution >= 4 is 17.4 Å². The van der Waals surface area contributed by atoms with Crippen LogP contribution in [-0.4, -0.2) is 6.03 Å². The van der Waals surface area contributed by atoms with E-state index in [-0.39, 0.29) is 6.03 Å². The number of carbonyl (C=O) groups is 1. The smallest absolute Gasteiger partial charge is 0.323 e. The van der Waals surface area contributed by atoms with E-state index >= 15 is 0 Å². The lowest BCUT2D eigenvalue weighted by molar-refractivity contribution is 0.255. The number of nitrogens with one attached hydrogen (secondary N) is 2. The number of allylic oxidation sites excluding steroid dienone is 1. The fourth-order valence-corrected chi connectivity index (χ4v) is 0.986. The summed E-state index contributed by atoms with van der Waals surface area (Å²) in [5.74, 6) is 0. The number of nitrogens with two attached hydrogens (primary N) is 1. The van der Waals surface area contributed by atoms with E-state index in [4.69, 9.17) is 5.73 Å². The van der Waals surface area contributed by atoms with Gasteiger partial charge in [-0.1, -0.05) is 13.0 Å². The van der Waals surface area contributed by atoms with Crippen LogP contribution >= 0.6 is 0 Å². The Morgan fingerprint density at radius 1 is 1.40 bits per heavy atom. The van der Waals surface area contributed by atoms with Crippen molar-refractivity contribution in [3.63, 3.8) is 0 Å². The highest BCUT2D eigenvalue weighted by atomic mass is 16.2. The molecule has 0 saturated heterocycles. The maximum atomic E-state index is 11.3. The summed E-state index contributed by atoms with van der Waals surface area (Å²) in [6, 6.07) is 6.70. The van der Waals surface area contributed by atoms with E-state index in [1.165, 1.54) is 0 Å². The summed E-state index contributed by atoms with van der Waals surface area (Å²) in [7, 11) is 0. The van der Waals surface area contributed by atoms with Crippen molar-refractivity contribution in [3.8, 4) is 0 Å². The number of amides is 2. The van der Waals surface area contributed by atoms with Crippen molar-refractivity contribution in [2.45, 2.75) is 13.3 Å². The maximum absolute atomic E-state index is 11.3. The average molecular weight is 205 g/mol. The van der Waals surface area contributed by atoms with Crippen LogP contribution in [0.1, 0.15) is 13.3 Å². The Morgan fingerprint density at radius 2 is 2.07 bits per heavy atom. The second-order valence-corrected chi connectivity index (χ2v) is 3.03. The molecule has 0 spiro atoms. The minimum atomic E-state index is -0.260. The summed E-state index contributed by atoms with van der Waals surface area (Å²) in [5.41, 5.74) is 6.90. The van der Waals surface area contributed by atoms with Crippen LogP contribution in [0.25, 0.3) is 0 Å². The number of rotatable bonds is 3. The van der Waals surface area contributed by atoms with Crippen molar-refractivity contribution in [1.82, 2.24) is 5.32 Å². The van der Waals surface area contributed by atoms with Crippen molar-refractivity contribution < 1.29 is 4.79 Å². The van der Waals surface area contributed by atoms with Gasteiger partial charge in [0.1, 0.15) is 0 Å². The van der Waals surface area contributed by atoms with Gasteiger partial charge in [-0.05, 0) is 30.7 Å². The molecule has 80 valence electrons. The fourth-order valence-electron chi connectivity index (χ4n) is 0.986. The number of benzene rings is 1. The molecule has 0 fully saturated rings. The predicted octanol–water partition coefficient (Wildman–Crippen LogP) is 2.31. The molecular weight excluding hydrogens is 190 g/mol. The summed E-state index contributed by atoms with van der Waals surface area (Å²) in [6.07, 6.45) is 4.37. The lowest BCUT2D eigenvalue weighted by atomic mass is 10.3. The Bertz CT molecular complexity index is 343. The standard InChI is InChI=1S/C11H15N3O/c1-2-3-8-13-11(15)14-10-6-4-9(12)5-7-10/h3-8H,2,12H2,1H3,(H2,13,14,15)/b8-3+. The first-order valence-electron chi connectivity index (χ1n) is 4.80. The Morgan fingerprint density at radius 3 is 2.67 bits per heavy atom. The first-order valence-corrected chi connectivity index (χ1v) is 4.80. The van der Waals surface area contributed by atoms with E-state index in [0.717, 1.165) is 6.42 Å². The number of carbonyl (C=O) groups excluding carboxylic acids is 1. The van der Waals surface area contributed by atoms with Crippen LogP contribution in [0.3, 0.4) is 0 Å². The molecule has 4 nitrogen and oxygen atoms in total. The van der Waals surface area contributed by atoms with Gasteiger partial charge in [-0.15, -0.1) is 0 Å². The quantitative estimate of drug-likeness (QED) is 0.663. The van der Waals surface area contributed by atoms with E-state index in [9.17, 15) is 4.79 Å². The molecule has 0 heterocycles. The second kappa shape index (κ2) is 5.70. The highest BCUT2D eigenvalue weighted by Gasteiger charge is 1.97. The van der Waals surface area contributed by atoms with Gasteiger partial charge in [0, 0.05) is 17.6 Å². The van der Waals surface area contributed by atoms with Gasteiger partial charge in [-0.25, -0.2) is 4.79 Å². The molecule has 0 aliphatic heterocycles. The molecule has 1 rings (SSSR count). The molecule has 4 N–H and O–H groups in total. The van der Waals surface area contributed by atoms with Gasteiger partial charge in [0.25, 0.3) is 0 Å². The van der Waals surface area contributed by atoms with Crippen LogP contribution in [-0.2, 0) is 0 Å². The molecule has 0 aliphatic rings. The monoisotopic (exact) mass is 205 g/mol. The van der Waals surface area contributed by atoms with Gasteiger partial charge in [-0.2, -0.15) is 0 Å². The van der Waals surface area contributed by atoms with E-state index in [2.05, 4.69) is 10.6 Å². The van der Waals surface area contributed by atoms with E-state index in [1.807, 2.05) is 13.0 Å². The summed E-state index contributed by atoms with van der Waals surface area (Å²) in [6.45, 7) is 2.00. The van der Waals surface area contributed by atoms with Crippen LogP contribution in [0, 0.1) is 0 Å². The molecular formula is C11H15N3O. The van der Waals surface area contributed by atoms with Crippen LogP contribution < -0.4 is 16.4 Å². The molecule has 15 heavy (non-hydrogen) atoms. The molecule has 0 atom stereocenters. The third-order valence-electron chi connectivity index (χ3n) is 1.74. The molecule has 1 aromatic rings. The highest BCUT2D eigenvalue weighted by molar-refractivity contribution is 5.89. The first-order chi connectivity index (χ1) is 7.22. The number of urea groups is 1. The zero-order valence-electron chi connectivity index (χ0n) is 8.66. The molecule has 1 aromatic carbocycles. The Labute approximate surface area is 89.2 Å². The van der Waals surface area contributed by atoms with Crippen LogP contribution in [0.2, 0.25) is 0 Å². The van der Waals surface area contributed by atoms with Gasteiger partial charge in [-0.3, -0.25) is 0 Å². The molecule has 2 amide bonds. The minimum absolute atomic E-state index is 0.260. The number of hydrogen-bond acceptors (Lipinski definition) is 2. The van der Waals surface area contributed by atoms with E-state index < -0.39 is 0 Å². The van der Waals surface area contributed by atoms with Crippen LogP contribution in [0.5, 0.6) is 0 Å². The van der Waals surface area contributed by atoms with Crippen LogP contribution in [0.4, 0.5) is 16.2 Å². The minimum Gasteiger partial charge on any atom is -0.399 e. The number of hydrogen-bond donors (Lipinski definition) is 3. The lowest BCUT2D eigenvalue weighted by Gasteiger charge is -2.04. The Balaban J connectivity index is 2.44. The SMILES string of the molecule is CC/C=C/NC(=O)Nc1ccc(N)cc1. The molecule has 4 heteroatoms. The zero-order valence-corrected chi connectivity index (χ0v) is 8.66. The average Bonchev–Trinajstić information content (AvgIpc) is 2.22. The predicted molar refractivity (Wildman–Crippen MR) is 62.4 cm³/mol. The molecule has 0 radical (unpaired) electrons. The topological polar surface area (TPSA) is 67.2 Å². The summed E-state index contributed by atoms with van der Waals surface area (Å²) in [5, 5.41) is 5.26. The Hall–Kier alpha value is -1.97. The molecule has 0 bridgehead atoms. The maximum Gasteiger partial charge on any atom is 0.323 e. The molecule has 0 saturated carbocycles. The van der Waals surface area contributed by atoms with Gasteiger partial charge < -0.3 is 16.4 Å². The Kier molecular flexibility index (Phi) is 4.22. The molecule has 0 aliphatic carbocycles. The lowest BCUT2D eigenvalue weighted by Crippen LogP contribution is -2.23. The normalized spacial score (nSPS) is 10.2. The zero-order chi connectivity index (χ0) is 11.1. The van der Waals surface area contributed by atoms with Gasteiger partial charge in [0.15, 0.2) is 0 Å². The fraction of sp³-hybridized carbons (Fsp3) is 0.182. The van der Waals surface area contributed by atoms with Gasteiger partial charge >= 0.3 is 6.03 Å². The summed E-state index contributed by atoms with van der Waals surface area (Å²) < 4.78 is 0. The van der Waals surface area contributed by atoms with Gasteiger partial charge in [0.2, 0.25) is 0 Å². The van der Waals surface area contributed by atoms with E-state index in [0.29, 0.717) is 11.4 Å². The third kappa shape index (κ3) is 4.17. The van der Waals surface area contributed by atoms with Crippen molar-refractivity contribution in [2.75, 3.05) is 11.1 Å². The highest BCUT2D eigenvalue weighted by Crippen LogP contribution is 2.09. The van der Waals surface area contributed by atoms with Gasteiger partial charge in [0.05, 0.1) is 0 Å². The van der Waals surface area contributed by atoms with Crippen molar-refractivity contribution in [1.29, 1.82) is 0 Å². The van der Waals surface area contributed by atoms with Crippen LogP contribution in [0.15, 0.2) is 36.5 Å². The number of nitrogen functional groups attached to an aromatic ring is 1. The number of anilines is 2. The van der Waals surface area contributed by atoms with Crippen molar-refractivity contribution in [2.24, 2.45) is 0 Å². The van der Waals surface area contributed by atoms with E-state index in [1.54, 1.807) is 30.5 Å². The molecule has 0 aromatic heterocycles. The summed E-state index contributed by atoms with van der Waals surface area (Å²) in [4.78, 5) is 11.3. The third-order valence-corrected chi connectivity index (χ3v) is 1.74. The second-order valence-electron chi connectivity index (χ2n) is 3.03. The largest absolute Gasteiger partial charge is 0.399 e. The van der Waals surface area contributed by atoms with Crippen molar-refractivity contribution in [3.05, 3.63) is 36.5 Å². The first kappa shape index (κ1) is 11.1. The molecule has 0 unspecified atom stereocenters.